The van der Waals surface area contributed by atoms with Gasteiger partial charge < -0.3 is 28.4 Å². The molecule has 2 rings (SSSR count). The molecule has 0 saturated carbocycles. The van der Waals surface area contributed by atoms with Crippen LogP contribution in [-0.4, -0.2) is 54.6 Å². The molecule has 0 aliphatic carbocycles. The molecule has 0 bridgehead atoms. The summed E-state index contributed by atoms with van der Waals surface area (Å²) in [5, 5.41) is 0. The van der Waals surface area contributed by atoms with Crippen LogP contribution >= 0.6 is 0 Å². The zero-order chi connectivity index (χ0) is 25.9. The van der Waals surface area contributed by atoms with Crippen molar-refractivity contribution in [3.05, 3.63) is 77.8 Å². The van der Waals surface area contributed by atoms with Crippen molar-refractivity contribution >= 4 is 17.5 Å². The standard InChI is InChI=1S/C12H14O4.C8H10O.C6H10O3/c1-14-8-10(12(13)16-3)9-6-4-5-7-11(9)15-2;1-7-5-3-4-6-8(7)9-2;1-5(4-8-2)6(7)9-3/h4-8H,1-3H3;3-6H,1-2H3;4H,1-3H3/b10-8+;;5-4+. The fourth-order valence-corrected chi connectivity index (χ4v) is 2.49. The minimum atomic E-state index is -0.466. The maximum Gasteiger partial charge on any atom is 0.341 e. The number of carbonyl (C=O) groups excluding carboxylic acids is 2. The SMILES string of the molecule is CO/C=C(/C(=O)OC)c1ccccc1OC.CO/C=C(\C)C(=O)OC.COc1ccccc1C. The Kier molecular flexibility index (Phi) is 15.6. The molecular weight excluding hydrogens is 440 g/mol. The number of ether oxygens (including phenoxy) is 6. The van der Waals surface area contributed by atoms with Gasteiger partial charge in [-0.1, -0.05) is 36.4 Å². The molecule has 0 aromatic heterocycles. The van der Waals surface area contributed by atoms with E-state index >= 15 is 0 Å². The summed E-state index contributed by atoms with van der Waals surface area (Å²) in [4.78, 5) is 22.1. The third-order valence-electron chi connectivity index (χ3n) is 4.15. The molecule has 2 aromatic rings. The van der Waals surface area contributed by atoms with Gasteiger partial charge in [0.15, 0.2) is 0 Å². The van der Waals surface area contributed by atoms with E-state index in [9.17, 15) is 9.59 Å². The first kappa shape index (κ1) is 30.1. The highest BCUT2D eigenvalue weighted by Crippen LogP contribution is 2.26. The van der Waals surface area contributed by atoms with Gasteiger partial charge in [-0.15, -0.1) is 0 Å². The van der Waals surface area contributed by atoms with Crippen LogP contribution in [0.15, 0.2) is 66.6 Å². The number of carbonyl (C=O) groups is 2. The second-order valence-electron chi connectivity index (χ2n) is 6.46. The lowest BCUT2D eigenvalue weighted by molar-refractivity contribution is -0.136. The van der Waals surface area contributed by atoms with Gasteiger partial charge in [-0.05, 0) is 31.5 Å². The maximum atomic E-state index is 11.5. The molecule has 0 radical (unpaired) electrons. The van der Waals surface area contributed by atoms with Crippen molar-refractivity contribution in [3.8, 4) is 11.5 Å². The predicted octanol–water partition coefficient (Wildman–Crippen LogP) is 4.57. The zero-order valence-corrected chi connectivity index (χ0v) is 21.0. The van der Waals surface area contributed by atoms with E-state index in [-0.39, 0.29) is 5.97 Å². The molecule has 0 fully saturated rings. The number of esters is 2. The van der Waals surface area contributed by atoms with E-state index < -0.39 is 5.97 Å². The van der Waals surface area contributed by atoms with Gasteiger partial charge in [0.25, 0.3) is 0 Å². The van der Waals surface area contributed by atoms with E-state index in [1.54, 1.807) is 33.3 Å². The summed E-state index contributed by atoms with van der Waals surface area (Å²) in [7, 11) is 8.82. The summed E-state index contributed by atoms with van der Waals surface area (Å²) < 4.78 is 28.7. The number of para-hydroxylation sites is 2. The Balaban J connectivity index is 0.000000518. The minimum Gasteiger partial charge on any atom is -0.504 e. The Morgan fingerprint density at radius 1 is 0.676 bits per heavy atom. The molecule has 0 unspecified atom stereocenters. The molecule has 2 aromatic carbocycles. The van der Waals surface area contributed by atoms with Crippen molar-refractivity contribution in [2.45, 2.75) is 13.8 Å². The second kappa shape index (κ2) is 17.6. The molecule has 186 valence electrons. The fraction of sp³-hybridized carbons (Fsp3) is 0.308. The van der Waals surface area contributed by atoms with Crippen LogP contribution in [0, 0.1) is 6.92 Å². The first-order valence-electron chi connectivity index (χ1n) is 10.1. The summed E-state index contributed by atoms with van der Waals surface area (Å²) >= 11 is 0. The van der Waals surface area contributed by atoms with Crippen molar-refractivity contribution in [1.82, 2.24) is 0 Å². The van der Waals surface area contributed by atoms with Gasteiger partial charge in [-0.2, -0.15) is 0 Å². The van der Waals surface area contributed by atoms with Crippen LogP contribution in [0.5, 0.6) is 11.5 Å². The number of hydrogen-bond acceptors (Lipinski definition) is 8. The predicted molar refractivity (Wildman–Crippen MR) is 131 cm³/mol. The minimum absolute atomic E-state index is 0.322. The molecule has 0 saturated heterocycles. The van der Waals surface area contributed by atoms with E-state index in [0.717, 1.165) is 5.75 Å². The van der Waals surface area contributed by atoms with Crippen LogP contribution in [-0.2, 0) is 28.5 Å². The molecule has 34 heavy (non-hydrogen) atoms. The van der Waals surface area contributed by atoms with E-state index in [1.807, 2.05) is 43.3 Å². The monoisotopic (exact) mass is 474 g/mol. The van der Waals surface area contributed by atoms with Gasteiger partial charge in [0, 0.05) is 5.56 Å². The number of rotatable bonds is 7. The van der Waals surface area contributed by atoms with Crippen molar-refractivity contribution in [1.29, 1.82) is 0 Å². The van der Waals surface area contributed by atoms with Gasteiger partial charge in [-0.3, -0.25) is 0 Å². The van der Waals surface area contributed by atoms with Crippen LogP contribution < -0.4 is 9.47 Å². The Bertz CT molecular complexity index is 947. The van der Waals surface area contributed by atoms with E-state index in [1.165, 1.54) is 46.5 Å². The van der Waals surface area contributed by atoms with Gasteiger partial charge in [-0.25, -0.2) is 9.59 Å². The van der Waals surface area contributed by atoms with Gasteiger partial charge in [0.05, 0.1) is 60.8 Å². The van der Waals surface area contributed by atoms with Crippen molar-refractivity contribution in [2.24, 2.45) is 0 Å². The lowest BCUT2D eigenvalue weighted by Gasteiger charge is -2.09. The topological polar surface area (TPSA) is 89.5 Å². The summed E-state index contributed by atoms with van der Waals surface area (Å²) in [5.41, 5.74) is 2.60. The molecule has 0 amide bonds. The number of benzene rings is 2. The average Bonchev–Trinajstić information content (AvgIpc) is 2.87. The Morgan fingerprint density at radius 3 is 1.62 bits per heavy atom. The normalized spacial score (nSPS) is 10.4. The summed E-state index contributed by atoms with van der Waals surface area (Å²) in [6.07, 6.45) is 2.68. The van der Waals surface area contributed by atoms with Crippen molar-refractivity contribution in [2.75, 3.05) is 42.7 Å². The smallest absolute Gasteiger partial charge is 0.341 e. The number of aryl methyl sites for hydroxylation is 1. The number of hydrogen-bond donors (Lipinski definition) is 0. The van der Waals surface area contributed by atoms with Crippen molar-refractivity contribution in [3.63, 3.8) is 0 Å². The largest absolute Gasteiger partial charge is 0.504 e. The molecule has 0 spiro atoms. The highest BCUT2D eigenvalue weighted by molar-refractivity contribution is 6.16. The van der Waals surface area contributed by atoms with E-state index in [0.29, 0.717) is 22.5 Å². The van der Waals surface area contributed by atoms with E-state index in [4.69, 9.17) is 14.2 Å². The Morgan fingerprint density at radius 2 is 1.18 bits per heavy atom. The molecular formula is C26H34O8. The molecule has 8 nitrogen and oxygen atoms in total. The van der Waals surface area contributed by atoms with Gasteiger partial charge in [0.1, 0.15) is 17.1 Å². The molecule has 0 aliphatic heterocycles. The molecule has 8 heteroatoms. The molecule has 0 heterocycles. The van der Waals surface area contributed by atoms with Gasteiger partial charge >= 0.3 is 11.9 Å². The second-order valence-corrected chi connectivity index (χ2v) is 6.46. The molecule has 0 N–H and O–H groups in total. The maximum absolute atomic E-state index is 11.5. The van der Waals surface area contributed by atoms with Crippen LogP contribution in [0.1, 0.15) is 18.1 Å². The lowest BCUT2D eigenvalue weighted by Crippen LogP contribution is -2.05. The van der Waals surface area contributed by atoms with Crippen LogP contribution in [0.3, 0.4) is 0 Å². The fourth-order valence-electron chi connectivity index (χ4n) is 2.49. The quantitative estimate of drug-likeness (QED) is 0.328. The molecule has 0 aliphatic rings. The average molecular weight is 475 g/mol. The number of methoxy groups -OCH3 is 6. The highest BCUT2D eigenvalue weighted by Gasteiger charge is 2.16. The summed E-state index contributed by atoms with van der Waals surface area (Å²) in [5.74, 6) is 0.719. The Labute approximate surface area is 201 Å². The van der Waals surface area contributed by atoms with Crippen LogP contribution in [0.25, 0.3) is 5.57 Å². The van der Waals surface area contributed by atoms with Crippen LogP contribution in [0.2, 0.25) is 0 Å². The zero-order valence-electron chi connectivity index (χ0n) is 21.0. The third-order valence-corrected chi connectivity index (χ3v) is 4.15. The van der Waals surface area contributed by atoms with Crippen molar-refractivity contribution < 1.29 is 38.0 Å². The van der Waals surface area contributed by atoms with E-state index in [2.05, 4.69) is 14.2 Å². The lowest BCUT2D eigenvalue weighted by atomic mass is 10.1. The highest BCUT2D eigenvalue weighted by atomic mass is 16.5. The Hall–Kier alpha value is -3.94. The summed E-state index contributed by atoms with van der Waals surface area (Å²) in [6, 6.07) is 15.1. The first-order chi connectivity index (χ1) is 16.3. The molecule has 0 atom stereocenters. The van der Waals surface area contributed by atoms with Crippen LogP contribution in [0.4, 0.5) is 0 Å². The summed E-state index contributed by atoms with van der Waals surface area (Å²) in [6.45, 7) is 3.65. The first-order valence-corrected chi connectivity index (χ1v) is 10.1. The third kappa shape index (κ3) is 10.6. The van der Waals surface area contributed by atoms with Gasteiger partial charge in [0.2, 0.25) is 0 Å².